The number of sulfone groups is 1. The van der Waals surface area contributed by atoms with Crippen molar-refractivity contribution in [3.63, 3.8) is 0 Å². The predicted octanol–water partition coefficient (Wildman–Crippen LogP) is 4.03. The highest BCUT2D eigenvalue weighted by molar-refractivity contribution is 7.90. The summed E-state index contributed by atoms with van der Waals surface area (Å²) in [6, 6.07) is 6.36. The summed E-state index contributed by atoms with van der Waals surface area (Å²) in [5, 5.41) is 4.68. The van der Waals surface area contributed by atoms with E-state index in [0.717, 1.165) is 23.5 Å². The highest BCUT2D eigenvalue weighted by Gasteiger charge is 2.25. The van der Waals surface area contributed by atoms with Crippen LogP contribution < -0.4 is 4.74 Å². The molecule has 170 valence electrons. The fraction of sp³-hybridized carbons (Fsp3) is 0.524. The Morgan fingerprint density at radius 2 is 1.90 bits per heavy atom. The first-order valence-electron chi connectivity index (χ1n) is 10.2. The van der Waals surface area contributed by atoms with Crippen molar-refractivity contribution in [2.45, 2.75) is 44.1 Å². The van der Waals surface area contributed by atoms with Crippen LogP contribution >= 0.6 is 11.3 Å². The lowest BCUT2D eigenvalue weighted by Gasteiger charge is -2.29. The zero-order valence-electron chi connectivity index (χ0n) is 17.9. The van der Waals surface area contributed by atoms with Crippen LogP contribution in [-0.4, -0.2) is 50.6 Å². The van der Waals surface area contributed by atoms with E-state index in [1.165, 1.54) is 18.4 Å². The summed E-state index contributed by atoms with van der Waals surface area (Å²) >= 11 is 1.60. The first-order chi connectivity index (χ1) is 14.7. The van der Waals surface area contributed by atoms with Gasteiger partial charge in [0.2, 0.25) is 0 Å². The molecule has 1 aromatic carbocycles. The summed E-state index contributed by atoms with van der Waals surface area (Å²) in [5.41, 5.74) is 0.836. The number of hydroxylamine groups is 2. The van der Waals surface area contributed by atoms with Gasteiger partial charge >= 0.3 is 6.16 Å². The zero-order chi connectivity index (χ0) is 22.4. The molecule has 2 heterocycles. The van der Waals surface area contributed by atoms with Crippen LogP contribution in [0.4, 0.5) is 4.79 Å². The van der Waals surface area contributed by atoms with Crippen molar-refractivity contribution in [1.82, 2.24) is 10.0 Å². The Morgan fingerprint density at radius 3 is 2.52 bits per heavy atom. The molecular formula is C21H28N2O6S2. The van der Waals surface area contributed by atoms with Gasteiger partial charge in [-0.1, -0.05) is 13.8 Å². The number of piperidine rings is 1. The van der Waals surface area contributed by atoms with Crippen LogP contribution in [0.3, 0.4) is 0 Å². The second kappa shape index (κ2) is 10.4. The van der Waals surface area contributed by atoms with E-state index in [4.69, 9.17) is 14.3 Å². The molecule has 10 heteroatoms. The van der Waals surface area contributed by atoms with Crippen LogP contribution in [0, 0.1) is 5.92 Å². The lowest BCUT2D eigenvalue weighted by Crippen LogP contribution is -2.35. The van der Waals surface area contributed by atoms with Crippen molar-refractivity contribution in [3.05, 3.63) is 40.3 Å². The molecule has 1 saturated heterocycles. The molecule has 0 unspecified atom stereocenters. The number of carbonyl (C=O) groups excluding carboxylic acids is 1. The number of aromatic nitrogens is 1. The average molecular weight is 469 g/mol. The Kier molecular flexibility index (Phi) is 7.90. The molecule has 8 nitrogen and oxygen atoms in total. The van der Waals surface area contributed by atoms with Gasteiger partial charge < -0.3 is 14.3 Å². The van der Waals surface area contributed by atoms with Gasteiger partial charge in [-0.25, -0.2) is 18.2 Å². The van der Waals surface area contributed by atoms with Gasteiger partial charge in [0.15, 0.2) is 9.84 Å². The van der Waals surface area contributed by atoms with Gasteiger partial charge in [0.1, 0.15) is 12.4 Å². The molecule has 0 radical (unpaired) electrons. The van der Waals surface area contributed by atoms with Gasteiger partial charge in [0.25, 0.3) is 0 Å². The van der Waals surface area contributed by atoms with Crippen LogP contribution in [0.15, 0.2) is 34.5 Å². The summed E-state index contributed by atoms with van der Waals surface area (Å²) in [6.45, 7) is 5.89. The second-order valence-electron chi connectivity index (χ2n) is 7.96. The molecule has 0 amide bonds. The van der Waals surface area contributed by atoms with Gasteiger partial charge in [-0.2, -0.15) is 0 Å². The minimum absolute atomic E-state index is 0.263. The first kappa shape index (κ1) is 23.5. The van der Waals surface area contributed by atoms with Gasteiger partial charge in [0, 0.05) is 30.6 Å². The summed E-state index contributed by atoms with van der Waals surface area (Å²) < 4.78 is 33.8. The molecule has 0 saturated carbocycles. The SMILES string of the molecule is CC(C)COC(=O)ON1CCC(c2nc(COc3ccc(S(C)(=O)=O)cc3)cs2)CC1. The maximum absolute atomic E-state index is 11.7. The Hall–Kier alpha value is -2.17. The highest BCUT2D eigenvalue weighted by Crippen LogP contribution is 2.30. The van der Waals surface area contributed by atoms with E-state index in [1.807, 2.05) is 19.2 Å². The van der Waals surface area contributed by atoms with E-state index in [-0.39, 0.29) is 10.8 Å². The maximum Gasteiger partial charge on any atom is 0.527 e. The average Bonchev–Trinajstić information content (AvgIpc) is 3.20. The molecular weight excluding hydrogens is 440 g/mol. The fourth-order valence-electron chi connectivity index (χ4n) is 3.08. The Bertz CT molecular complexity index is 964. The van der Waals surface area contributed by atoms with Gasteiger partial charge in [-0.3, -0.25) is 0 Å². The molecule has 0 N–H and O–H groups in total. The third-order valence-electron chi connectivity index (χ3n) is 4.75. The maximum atomic E-state index is 11.7. The van der Waals surface area contributed by atoms with Crippen molar-refractivity contribution in [1.29, 1.82) is 0 Å². The number of benzene rings is 1. The molecule has 0 aliphatic carbocycles. The number of carbonyl (C=O) groups is 1. The monoisotopic (exact) mass is 468 g/mol. The molecule has 1 aliphatic heterocycles. The van der Waals surface area contributed by atoms with Gasteiger partial charge in [-0.05, 0) is 43.0 Å². The molecule has 1 fully saturated rings. The summed E-state index contributed by atoms with van der Waals surface area (Å²) in [4.78, 5) is 21.9. The number of thiazole rings is 1. The van der Waals surface area contributed by atoms with Crippen molar-refractivity contribution in [3.8, 4) is 5.75 Å². The topological polar surface area (TPSA) is 95.0 Å². The summed E-state index contributed by atoms with van der Waals surface area (Å²) in [7, 11) is -3.22. The Balaban J connectivity index is 1.44. The quantitative estimate of drug-likeness (QED) is 0.536. The number of ether oxygens (including phenoxy) is 2. The fourth-order valence-corrected chi connectivity index (χ4v) is 4.68. The molecule has 0 bridgehead atoms. The standard InChI is InChI=1S/C21H28N2O6S2/c1-15(2)12-28-21(24)29-23-10-8-16(9-11-23)20-22-17(14-30-20)13-27-18-4-6-19(7-5-18)31(3,25)26/h4-7,14-16H,8-13H2,1-3H3. The lowest BCUT2D eigenvalue weighted by molar-refractivity contribution is -0.140. The van der Waals surface area contributed by atoms with E-state index in [0.29, 0.717) is 38.0 Å². The van der Waals surface area contributed by atoms with Gasteiger partial charge in [-0.15, -0.1) is 16.4 Å². The molecule has 31 heavy (non-hydrogen) atoms. The minimum atomic E-state index is -3.22. The van der Waals surface area contributed by atoms with Crippen molar-refractivity contribution in [2.75, 3.05) is 26.0 Å². The van der Waals surface area contributed by atoms with Crippen LogP contribution in [0.2, 0.25) is 0 Å². The van der Waals surface area contributed by atoms with Crippen LogP contribution in [0.5, 0.6) is 5.75 Å². The third kappa shape index (κ3) is 7.19. The number of hydrogen-bond donors (Lipinski definition) is 0. The smallest absolute Gasteiger partial charge is 0.487 e. The number of hydrogen-bond acceptors (Lipinski definition) is 9. The molecule has 0 spiro atoms. The van der Waals surface area contributed by atoms with Crippen LogP contribution in [0.1, 0.15) is 43.3 Å². The van der Waals surface area contributed by atoms with E-state index < -0.39 is 16.0 Å². The normalized spacial score (nSPS) is 15.7. The molecule has 3 rings (SSSR count). The number of rotatable bonds is 8. The van der Waals surface area contributed by atoms with Gasteiger partial charge in [0.05, 0.1) is 22.2 Å². The van der Waals surface area contributed by atoms with E-state index in [9.17, 15) is 13.2 Å². The van der Waals surface area contributed by atoms with Crippen LogP contribution in [-0.2, 0) is 26.0 Å². The molecule has 0 atom stereocenters. The van der Waals surface area contributed by atoms with Crippen molar-refractivity contribution < 1.29 is 27.5 Å². The summed E-state index contributed by atoms with van der Waals surface area (Å²) in [6.07, 6.45) is 2.22. The van der Waals surface area contributed by atoms with Crippen molar-refractivity contribution in [2.24, 2.45) is 5.92 Å². The zero-order valence-corrected chi connectivity index (χ0v) is 19.6. The summed E-state index contributed by atoms with van der Waals surface area (Å²) in [5.74, 6) is 1.18. The van der Waals surface area contributed by atoms with E-state index in [2.05, 4.69) is 4.98 Å². The first-order valence-corrected chi connectivity index (χ1v) is 12.9. The third-order valence-corrected chi connectivity index (χ3v) is 6.93. The number of nitrogens with zero attached hydrogens (tertiary/aromatic N) is 2. The van der Waals surface area contributed by atoms with Crippen molar-refractivity contribution >= 4 is 27.3 Å². The highest BCUT2D eigenvalue weighted by atomic mass is 32.2. The van der Waals surface area contributed by atoms with E-state index >= 15 is 0 Å². The largest absolute Gasteiger partial charge is 0.527 e. The minimum Gasteiger partial charge on any atom is -0.487 e. The Morgan fingerprint density at radius 1 is 1.23 bits per heavy atom. The lowest BCUT2D eigenvalue weighted by atomic mass is 9.99. The molecule has 1 aromatic heterocycles. The molecule has 1 aliphatic rings. The van der Waals surface area contributed by atoms with E-state index in [1.54, 1.807) is 28.5 Å². The molecule has 2 aromatic rings. The van der Waals surface area contributed by atoms with Crippen LogP contribution in [0.25, 0.3) is 0 Å². The Labute approximate surface area is 187 Å². The predicted molar refractivity (Wildman–Crippen MR) is 117 cm³/mol. The second-order valence-corrected chi connectivity index (χ2v) is 10.9.